The first-order valence-electron chi connectivity index (χ1n) is 9.14. The highest BCUT2D eigenvalue weighted by Gasteiger charge is 1.99. The van der Waals surface area contributed by atoms with E-state index in [9.17, 15) is 0 Å². The van der Waals surface area contributed by atoms with Gasteiger partial charge in [0, 0.05) is 16.8 Å². The van der Waals surface area contributed by atoms with E-state index in [4.69, 9.17) is 0 Å². The maximum absolute atomic E-state index is 3.45. The minimum Gasteiger partial charge on any atom is -0.355 e. The number of hydrogen-bond donors (Lipinski definition) is 1. The van der Waals surface area contributed by atoms with Crippen molar-refractivity contribution >= 4 is 32.9 Å². The van der Waals surface area contributed by atoms with Gasteiger partial charge in [-0.2, -0.15) is 0 Å². The molecule has 0 aromatic heterocycles. The number of anilines is 2. The lowest BCUT2D eigenvalue weighted by Gasteiger charge is -2.09. The molecule has 0 fully saturated rings. The summed E-state index contributed by atoms with van der Waals surface area (Å²) in [7, 11) is 0. The molecule has 0 heterocycles. The Morgan fingerprint density at radius 1 is 0.370 bits per heavy atom. The van der Waals surface area contributed by atoms with Crippen LogP contribution in [0.3, 0.4) is 0 Å². The Kier molecular flexibility index (Phi) is 5.12. The summed E-state index contributed by atoms with van der Waals surface area (Å²) in [4.78, 5) is 0. The van der Waals surface area contributed by atoms with Gasteiger partial charge in [0.25, 0.3) is 0 Å². The van der Waals surface area contributed by atoms with Crippen molar-refractivity contribution in [3.05, 3.63) is 121 Å². The summed E-state index contributed by atoms with van der Waals surface area (Å²) in [6, 6.07) is 41.7. The number of nitrogens with one attached hydrogen (secondary N) is 1. The molecule has 0 saturated heterocycles. The largest absolute Gasteiger partial charge is 0.355 e. The van der Waals surface area contributed by atoms with E-state index in [0.29, 0.717) is 0 Å². The van der Waals surface area contributed by atoms with Crippen molar-refractivity contribution < 1.29 is 0 Å². The van der Waals surface area contributed by atoms with E-state index >= 15 is 0 Å². The fourth-order valence-corrected chi connectivity index (χ4v) is 3.14. The molecule has 0 aliphatic rings. The maximum Gasteiger partial charge on any atom is 0.0463 e. The molecule has 1 nitrogen and oxygen atoms in total. The third kappa shape index (κ3) is 4.16. The average Bonchev–Trinajstić information content (AvgIpc) is 2.75. The van der Waals surface area contributed by atoms with Gasteiger partial charge in [-0.05, 0) is 34.4 Å². The highest BCUT2D eigenvalue weighted by atomic mass is 14.9. The lowest BCUT2D eigenvalue weighted by Crippen LogP contribution is -1.90. The molecule has 130 valence electrons. The molecule has 0 atom stereocenters. The van der Waals surface area contributed by atoms with Crippen molar-refractivity contribution in [2.24, 2.45) is 0 Å². The summed E-state index contributed by atoms with van der Waals surface area (Å²) in [5, 5.41) is 8.57. The van der Waals surface area contributed by atoms with Crippen LogP contribution < -0.4 is 5.32 Å². The Hall–Kier alpha value is -3.58. The van der Waals surface area contributed by atoms with Crippen molar-refractivity contribution in [3.63, 3.8) is 0 Å². The number of rotatable bonds is 2. The van der Waals surface area contributed by atoms with Crippen LogP contribution >= 0.6 is 0 Å². The molecule has 5 rings (SSSR count). The first-order valence-corrected chi connectivity index (χ1v) is 9.14. The minimum absolute atomic E-state index is 1.11. The van der Waals surface area contributed by atoms with Crippen molar-refractivity contribution in [1.29, 1.82) is 0 Å². The van der Waals surface area contributed by atoms with Gasteiger partial charge < -0.3 is 5.32 Å². The summed E-state index contributed by atoms with van der Waals surface area (Å²) in [5.41, 5.74) is 2.26. The number of hydrogen-bond acceptors (Lipinski definition) is 1. The summed E-state index contributed by atoms with van der Waals surface area (Å²) in [6.45, 7) is 0. The van der Waals surface area contributed by atoms with Crippen LogP contribution in [-0.4, -0.2) is 0 Å². The highest BCUT2D eigenvalue weighted by molar-refractivity contribution is 5.95. The van der Waals surface area contributed by atoms with Crippen LogP contribution in [0.1, 0.15) is 0 Å². The van der Waals surface area contributed by atoms with E-state index in [2.05, 4.69) is 108 Å². The van der Waals surface area contributed by atoms with Crippen LogP contribution in [0.5, 0.6) is 0 Å². The molecule has 0 unspecified atom stereocenters. The summed E-state index contributed by atoms with van der Waals surface area (Å²) in [6.07, 6.45) is 0. The third-order valence-corrected chi connectivity index (χ3v) is 4.50. The first kappa shape index (κ1) is 16.9. The maximum atomic E-state index is 3.45. The Balaban J connectivity index is 0.000000153. The Morgan fingerprint density at radius 2 is 0.852 bits per heavy atom. The molecule has 5 aromatic carbocycles. The average molecular weight is 347 g/mol. The van der Waals surface area contributed by atoms with E-state index in [0.717, 1.165) is 11.4 Å². The second-order valence-corrected chi connectivity index (χ2v) is 6.36. The van der Waals surface area contributed by atoms with Gasteiger partial charge in [0.1, 0.15) is 0 Å². The van der Waals surface area contributed by atoms with Gasteiger partial charge in [-0.15, -0.1) is 0 Å². The quantitative estimate of drug-likeness (QED) is 0.350. The van der Waals surface area contributed by atoms with E-state index in [1.165, 1.54) is 21.5 Å². The van der Waals surface area contributed by atoms with Gasteiger partial charge in [0.05, 0.1) is 0 Å². The SMILES string of the molecule is c1ccc(Nc2cccc3ccccc23)cc1.c1ccc2ccccc2c1. The monoisotopic (exact) mass is 347 g/mol. The molecular weight excluding hydrogens is 326 g/mol. The molecule has 0 amide bonds. The predicted molar refractivity (Wildman–Crippen MR) is 118 cm³/mol. The topological polar surface area (TPSA) is 12.0 Å². The fourth-order valence-electron chi connectivity index (χ4n) is 3.14. The zero-order chi connectivity index (χ0) is 18.3. The second-order valence-electron chi connectivity index (χ2n) is 6.36. The summed E-state index contributed by atoms with van der Waals surface area (Å²) >= 11 is 0. The highest BCUT2D eigenvalue weighted by Crippen LogP contribution is 2.25. The van der Waals surface area contributed by atoms with Crippen molar-refractivity contribution in [1.82, 2.24) is 0 Å². The third-order valence-electron chi connectivity index (χ3n) is 4.50. The van der Waals surface area contributed by atoms with Crippen molar-refractivity contribution in [2.45, 2.75) is 0 Å². The van der Waals surface area contributed by atoms with E-state index in [1.807, 2.05) is 18.2 Å². The molecule has 5 aromatic rings. The van der Waals surface area contributed by atoms with Gasteiger partial charge >= 0.3 is 0 Å². The fraction of sp³-hybridized carbons (Fsp3) is 0. The molecule has 1 heteroatoms. The summed E-state index contributed by atoms with van der Waals surface area (Å²) < 4.78 is 0. The van der Waals surface area contributed by atoms with Crippen LogP contribution in [0.25, 0.3) is 21.5 Å². The minimum atomic E-state index is 1.11. The zero-order valence-corrected chi connectivity index (χ0v) is 15.0. The number of para-hydroxylation sites is 1. The van der Waals surface area contributed by atoms with Crippen LogP contribution in [0.4, 0.5) is 11.4 Å². The molecule has 0 radical (unpaired) electrons. The standard InChI is InChI=1S/C16H13N.C10H8/c1-2-9-14(10-3-1)17-16-12-6-8-13-7-4-5-11-15(13)16;1-2-6-10-8-4-3-7-9(10)5-1/h1-12,17H;1-8H. The van der Waals surface area contributed by atoms with Crippen LogP contribution in [0.2, 0.25) is 0 Å². The number of benzene rings is 5. The molecule has 0 spiro atoms. The van der Waals surface area contributed by atoms with Crippen LogP contribution in [0, 0.1) is 0 Å². The van der Waals surface area contributed by atoms with Gasteiger partial charge in [0.15, 0.2) is 0 Å². The number of fused-ring (bicyclic) bond motifs is 2. The smallest absolute Gasteiger partial charge is 0.0463 e. The molecular formula is C26H21N. The normalized spacial score (nSPS) is 10.2. The van der Waals surface area contributed by atoms with Crippen LogP contribution in [0.15, 0.2) is 121 Å². The molecule has 0 bridgehead atoms. The van der Waals surface area contributed by atoms with Crippen molar-refractivity contribution in [3.8, 4) is 0 Å². The van der Waals surface area contributed by atoms with Crippen LogP contribution in [-0.2, 0) is 0 Å². The lowest BCUT2D eigenvalue weighted by molar-refractivity contribution is 1.58. The molecule has 0 aliphatic heterocycles. The van der Waals surface area contributed by atoms with E-state index < -0.39 is 0 Å². The van der Waals surface area contributed by atoms with Gasteiger partial charge in [-0.3, -0.25) is 0 Å². The second kappa shape index (κ2) is 8.20. The Bertz CT molecular complexity index is 1080. The first-order chi connectivity index (χ1) is 13.4. The summed E-state index contributed by atoms with van der Waals surface area (Å²) in [5.74, 6) is 0. The molecule has 0 aliphatic carbocycles. The molecule has 27 heavy (non-hydrogen) atoms. The zero-order valence-electron chi connectivity index (χ0n) is 15.0. The molecule has 1 N–H and O–H groups in total. The van der Waals surface area contributed by atoms with E-state index in [-0.39, 0.29) is 0 Å². The Labute approximate surface area is 159 Å². The van der Waals surface area contributed by atoms with Gasteiger partial charge in [-0.1, -0.05) is 103 Å². The van der Waals surface area contributed by atoms with Crippen molar-refractivity contribution in [2.75, 3.05) is 5.32 Å². The predicted octanol–water partition coefficient (Wildman–Crippen LogP) is 7.42. The lowest BCUT2D eigenvalue weighted by atomic mass is 10.1. The Morgan fingerprint density at radius 3 is 1.48 bits per heavy atom. The molecule has 0 saturated carbocycles. The van der Waals surface area contributed by atoms with Gasteiger partial charge in [-0.25, -0.2) is 0 Å². The van der Waals surface area contributed by atoms with Gasteiger partial charge in [0.2, 0.25) is 0 Å². The van der Waals surface area contributed by atoms with E-state index in [1.54, 1.807) is 0 Å².